The number of nitriles is 1. The zero-order chi connectivity index (χ0) is 25.2. The number of carbonyl (C=O) groups is 1. The highest BCUT2D eigenvalue weighted by atomic mass is 35.5. The van der Waals surface area contributed by atoms with E-state index in [0.717, 1.165) is 23.5 Å². The first kappa shape index (κ1) is 24.3. The number of benzene rings is 3. The number of rotatable bonds is 5. The zero-order valence-corrected chi connectivity index (χ0v) is 19.5. The molecule has 5 nitrogen and oxygen atoms in total. The molecule has 0 saturated carbocycles. The van der Waals surface area contributed by atoms with E-state index in [0.29, 0.717) is 15.8 Å². The van der Waals surface area contributed by atoms with Gasteiger partial charge >= 0.3 is 12.1 Å². The molecule has 0 aliphatic rings. The Kier molecular flexibility index (Phi) is 6.78. The molecular weight excluding hydrogens is 501 g/mol. The number of alkyl halides is 3. The fourth-order valence-corrected chi connectivity index (χ4v) is 4.35. The SMILES string of the molecule is COc1cc(/C=C(/C#N)c2nc3ccc(C(F)(F)F)cc3s2)ccc1OC(=O)c1ccccc1Cl. The zero-order valence-electron chi connectivity index (χ0n) is 17.9. The normalized spacial score (nSPS) is 11.8. The highest BCUT2D eigenvalue weighted by Gasteiger charge is 2.30. The number of thiazole rings is 1. The summed E-state index contributed by atoms with van der Waals surface area (Å²) in [4.78, 5) is 16.8. The van der Waals surface area contributed by atoms with Crippen molar-refractivity contribution in [2.75, 3.05) is 7.11 Å². The second-order valence-corrected chi connectivity index (χ2v) is 8.59. The fourth-order valence-electron chi connectivity index (χ4n) is 3.16. The summed E-state index contributed by atoms with van der Waals surface area (Å²) in [6, 6.07) is 16.4. The first-order chi connectivity index (χ1) is 16.7. The minimum atomic E-state index is -4.47. The number of hydrogen-bond acceptors (Lipinski definition) is 6. The number of carbonyl (C=O) groups excluding carboxylic acids is 1. The van der Waals surface area contributed by atoms with Crippen LogP contribution < -0.4 is 9.47 Å². The molecule has 0 unspecified atom stereocenters. The van der Waals surface area contributed by atoms with Crippen LogP contribution in [0.25, 0.3) is 21.9 Å². The topological polar surface area (TPSA) is 72.2 Å². The van der Waals surface area contributed by atoms with E-state index < -0.39 is 17.7 Å². The number of methoxy groups -OCH3 is 1. The van der Waals surface area contributed by atoms with Crippen LogP contribution in [0.2, 0.25) is 5.02 Å². The summed E-state index contributed by atoms with van der Waals surface area (Å²) in [6.45, 7) is 0. The summed E-state index contributed by atoms with van der Waals surface area (Å²) in [5.74, 6) is -0.286. The molecule has 10 heteroatoms. The molecule has 176 valence electrons. The second-order valence-electron chi connectivity index (χ2n) is 7.15. The van der Waals surface area contributed by atoms with Crippen molar-refractivity contribution in [3.63, 3.8) is 0 Å². The van der Waals surface area contributed by atoms with Crippen LogP contribution in [-0.2, 0) is 6.18 Å². The second kappa shape index (κ2) is 9.78. The van der Waals surface area contributed by atoms with Crippen LogP contribution in [0.3, 0.4) is 0 Å². The van der Waals surface area contributed by atoms with Crippen LogP contribution in [0.15, 0.2) is 60.7 Å². The molecular formula is C25H14ClF3N2O3S. The summed E-state index contributed by atoms with van der Waals surface area (Å²) in [6.07, 6.45) is -2.95. The molecule has 4 aromatic rings. The molecule has 0 spiro atoms. The van der Waals surface area contributed by atoms with Gasteiger partial charge in [0.15, 0.2) is 11.5 Å². The molecule has 0 saturated heterocycles. The monoisotopic (exact) mass is 514 g/mol. The maximum atomic E-state index is 13.0. The summed E-state index contributed by atoms with van der Waals surface area (Å²) in [5.41, 5.74) is 0.457. The first-order valence-corrected chi connectivity index (χ1v) is 11.1. The lowest BCUT2D eigenvalue weighted by Gasteiger charge is -2.10. The fraction of sp³-hybridized carbons (Fsp3) is 0.0800. The Balaban J connectivity index is 1.63. The van der Waals surface area contributed by atoms with Gasteiger partial charge in [0.25, 0.3) is 0 Å². The van der Waals surface area contributed by atoms with Crippen LogP contribution in [0.5, 0.6) is 11.5 Å². The number of ether oxygens (including phenoxy) is 2. The van der Waals surface area contributed by atoms with Crippen LogP contribution in [0.4, 0.5) is 13.2 Å². The molecule has 1 heterocycles. The van der Waals surface area contributed by atoms with Gasteiger partial charge < -0.3 is 9.47 Å². The highest BCUT2D eigenvalue weighted by molar-refractivity contribution is 7.19. The largest absolute Gasteiger partial charge is 0.493 e. The number of hydrogen-bond donors (Lipinski definition) is 0. The van der Waals surface area contributed by atoms with Crippen molar-refractivity contribution < 1.29 is 27.4 Å². The number of aromatic nitrogens is 1. The minimum absolute atomic E-state index is 0.146. The molecule has 4 rings (SSSR count). The Bertz CT molecular complexity index is 1510. The lowest BCUT2D eigenvalue weighted by Crippen LogP contribution is -2.09. The van der Waals surface area contributed by atoms with Crippen LogP contribution >= 0.6 is 22.9 Å². The van der Waals surface area contributed by atoms with Crippen molar-refractivity contribution in [1.82, 2.24) is 4.98 Å². The summed E-state index contributed by atoms with van der Waals surface area (Å²) in [5, 5.41) is 10.2. The summed E-state index contributed by atoms with van der Waals surface area (Å²) < 4.78 is 50.1. The predicted octanol–water partition coefficient (Wildman–Crippen LogP) is 7.26. The Hall–Kier alpha value is -3.87. The van der Waals surface area contributed by atoms with E-state index in [1.165, 1.54) is 31.4 Å². The molecule has 0 aliphatic heterocycles. The van der Waals surface area contributed by atoms with E-state index in [2.05, 4.69) is 4.98 Å². The predicted molar refractivity (Wildman–Crippen MR) is 128 cm³/mol. The molecule has 0 radical (unpaired) electrons. The van der Waals surface area contributed by atoms with Crippen molar-refractivity contribution in [3.05, 3.63) is 87.4 Å². The minimum Gasteiger partial charge on any atom is -0.493 e. The van der Waals surface area contributed by atoms with Crippen molar-refractivity contribution in [2.45, 2.75) is 6.18 Å². The molecule has 0 bridgehead atoms. The molecule has 0 atom stereocenters. The number of fused-ring (bicyclic) bond motifs is 1. The van der Waals surface area contributed by atoms with E-state index in [9.17, 15) is 23.2 Å². The van der Waals surface area contributed by atoms with E-state index in [1.54, 1.807) is 30.3 Å². The number of nitrogens with zero attached hydrogens (tertiary/aromatic N) is 2. The van der Waals surface area contributed by atoms with Gasteiger partial charge in [-0.15, -0.1) is 11.3 Å². The van der Waals surface area contributed by atoms with Gasteiger partial charge in [-0.1, -0.05) is 29.8 Å². The average Bonchev–Trinajstić information content (AvgIpc) is 3.26. The van der Waals surface area contributed by atoms with Gasteiger partial charge in [-0.3, -0.25) is 0 Å². The summed E-state index contributed by atoms with van der Waals surface area (Å²) >= 11 is 7.03. The third-order valence-electron chi connectivity index (χ3n) is 4.86. The van der Waals surface area contributed by atoms with Gasteiger partial charge in [-0.2, -0.15) is 18.4 Å². The van der Waals surface area contributed by atoms with Crippen LogP contribution in [-0.4, -0.2) is 18.1 Å². The molecule has 35 heavy (non-hydrogen) atoms. The Morgan fingerprint density at radius 1 is 1.11 bits per heavy atom. The number of halogens is 4. The molecule has 0 fully saturated rings. The van der Waals surface area contributed by atoms with Gasteiger partial charge in [0.2, 0.25) is 0 Å². The van der Waals surface area contributed by atoms with Crippen molar-refractivity contribution >= 4 is 50.8 Å². The van der Waals surface area contributed by atoms with E-state index in [-0.39, 0.29) is 32.7 Å². The van der Waals surface area contributed by atoms with E-state index >= 15 is 0 Å². The average molecular weight is 515 g/mol. The summed E-state index contributed by atoms with van der Waals surface area (Å²) in [7, 11) is 1.40. The lowest BCUT2D eigenvalue weighted by molar-refractivity contribution is -0.137. The number of allylic oxidation sites excluding steroid dienone is 1. The van der Waals surface area contributed by atoms with Gasteiger partial charge in [0.05, 0.1) is 39.0 Å². The highest BCUT2D eigenvalue weighted by Crippen LogP contribution is 2.36. The van der Waals surface area contributed by atoms with E-state index in [4.69, 9.17) is 21.1 Å². The first-order valence-electron chi connectivity index (χ1n) is 9.94. The molecule has 0 aliphatic carbocycles. The van der Waals surface area contributed by atoms with Crippen molar-refractivity contribution in [1.29, 1.82) is 5.26 Å². The van der Waals surface area contributed by atoms with Gasteiger partial charge in [-0.25, -0.2) is 9.78 Å². The Morgan fingerprint density at radius 2 is 1.89 bits per heavy atom. The molecule has 3 aromatic carbocycles. The Morgan fingerprint density at radius 3 is 2.57 bits per heavy atom. The van der Waals surface area contributed by atoms with Crippen LogP contribution in [0.1, 0.15) is 26.5 Å². The smallest absolute Gasteiger partial charge is 0.416 e. The third kappa shape index (κ3) is 5.29. The van der Waals surface area contributed by atoms with Gasteiger partial charge in [0, 0.05) is 0 Å². The lowest BCUT2D eigenvalue weighted by atomic mass is 10.1. The number of esters is 1. The standard InChI is InChI=1S/C25H14ClF3N2O3S/c1-33-21-11-14(6-9-20(21)34-24(32)17-4-2-3-5-18(17)26)10-15(13-30)23-31-19-8-7-16(25(27,28)29)12-22(19)35-23/h2-12H,1H3/b15-10-. The molecule has 0 N–H and O–H groups in total. The Labute approximate surface area is 206 Å². The quantitative estimate of drug-likeness (QED) is 0.159. The molecule has 0 amide bonds. The van der Waals surface area contributed by atoms with Gasteiger partial charge in [-0.05, 0) is 54.1 Å². The maximum absolute atomic E-state index is 13.0. The van der Waals surface area contributed by atoms with Crippen LogP contribution in [0, 0.1) is 11.3 Å². The van der Waals surface area contributed by atoms with Gasteiger partial charge in [0.1, 0.15) is 11.1 Å². The van der Waals surface area contributed by atoms with Crippen molar-refractivity contribution in [3.8, 4) is 17.6 Å². The maximum Gasteiger partial charge on any atom is 0.416 e. The van der Waals surface area contributed by atoms with Crippen molar-refractivity contribution in [2.24, 2.45) is 0 Å². The molecule has 1 aromatic heterocycles. The van der Waals surface area contributed by atoms with E-state index in [1.807, 2.05) is 6.07 Å². The third-order valence-corrected chi connectivity index (χ3v) is 6.24.